The number of hydrogen-bond donors (Lipinski definition) is 13. The molecule has 0 spiro atoms. The molecular formula is C32H56O24. The Morgan fingerprint density at radius 1 is 0.429 bits per heavy atom. The quantitative estimate of drug-likeness (QED) is 0.0729. The first kappa shape index (κ1) is 46.1. The van der Waals surface area contributed by atoms with Crippen LogP contribution in [-0.4, -0.2) is 255 Å². The number of hydrogen-bond acceptors (Lipinski definition) is 24. The average molecular weight is 825 g/mol. The summed E-state index contributed by atoms with van der Waals surface area (Å²) in [5.74, 6) is 0. The first-order valence-electron chi connectivity index (χ1n) is 18.2. The molecule has 0 amide bonds. The van der Waals surface area contributed by atoms with Gasteiger partial charge in [0.05, 0.1) is 45.2 Å². The van der Waals surface area contributed by atoms with Crippen LogP contribution in [0.25, 0.3) is 0 Å². The molecule has 5 aliphatic heterocycles. The summed E-state index contributed by atoms with van der Waals surface area (Å²) in [6, 6.07) is 0. The highest BCUT2D eigenvalue weighted by molar-refractivity contribution is 4.98. The van der Waals surface area contributed by atoms with E-state index in [0.717, 1.165) is 0 Å². The topological polar surface area (TPSA) is 365 Å². The third kappa shape index (κ3) is 9.97. The molecule has 0 aliphatic carbocycles. The minimum absolute atomic E-state index is 0.0417. The van der Waals surface area contributed by atoms with Crippen molar-refractivity contribution < 1.29 is 118 Å². The van der Waals surface area contributed by atoms with Crippen molar-refractivity contribution in [3.63, 3.8) is 0 Å². The van der Waals surface area contributed by atoms with E-state index in [4.69, 9.17) is 52.1 Å². The summed E-state index contributed by atoms with van der Waals surface area (Å²) in [5.41, 5.74) is 0. The van der Waals surface area contributed by atoms with Gasteiger partial charge in [0.15, 0.2) is 31.5 Å². The van der Waals surface area contributed by atoms with Gasteiger partial charge in [0.25, 0.3) is 0 Å². The van der Waals surface area contributed by atoms with E-state index >= 15 is 0 Å². The first-order chi connectivity index (χ1) is 26.7. The molecule has 9 unspecified atom stereocenters. The molecule has 24 heteroatoms. The molecule has 0 aromatic carbocycles. The molecule has 0 aromatic heterocycles. The van der Waals surface area contributed by atoms with Crippen molar-refractivity contribution in [1.82, 2.24) is 0 Å². The summed E-state index contributed by atoms with van der Waals surface area (Å²) < 4.78 is 61.5. The lowest BCUT2D eigenvalue weighted by Crippen LogP contribution is -2.67. The Kier molecular flexibility index (Phi) is 16.9. The Hall–Kier alpha value is -0.960. The zero-order chi connectivity index (χ0) is 41.0. The third-order valence-electron chi connectivity index (χ3n) is 10.5. The maximum atomic E-state index is 11.4. The Morgan fingerprint density at radius 2 is 0.821 bits per heavy atom. The van der Waals surface area contributed by atoms with E-state index in [2.05, 4.69) is 0 Å². The highest BCUT2D eigenvalue weighted by atomic mass is 16.8. The predicted octanol–water partition coefficient (Wildman–Crippen LogP) is -8.56. The van der Waals surface area contributed by atoms with Gasteiger partial charge in [0.1, 0.15) is 97.7 Å². The molecule has 5 saturated heterocycles. The standard InChI is InChI=1S/C32H56O24/c1-46-25-12(6-34)51-30(22(43)17(25)38)54-27-14(8-36)52-31(23(44)19(27)40)56-28-15(9-48-16-4-10(37)3-11(5-33)49-16)53-32(24(45)20(28)41)55-26-13(7-35)50-29(47-2)21(42)18(26)39/h10-45H,3-9H2,1-2H3/t10-,11?,12?,13-,14-,15?,16-,17+,18?,19?,20+,21?,22?,23?,24?,25+,26+,27+,28+,29+,30-,31-,32-/m0/s1. The molecule has 0 radical (unpaired) electrons. The van der Waals surface area contributed by atoms with Gasteiger partial charge >= 0.3 is 0 Å². The van der Waals surface area contributed by atoms with Gasteiger partial charge < -0.3 is 118 Å². The van der Waals surface area contributed by atoms with Crippen LogP contribution in [0.1, 0.15) is 12.8 Å². The number of aliphatic hydroxyl groups excluding tert-OH is 13. The van der Waals surface area contributed by atoms with Crippen molar-refractivity contribution in [2.45, 2.75) is 154 Å². The monoisotopic (exact) mass is 824 g/mol. The molecule has 0 saturated carbocycles. The summed E-state index contributed by atoms with van der Waals surface area (Å²) in [5, 5.41) is 137. The van der Waals surface area contributed by atoms with E-state index in [0.29, 0.717) is 0 Å². The molecule has 5 heterocycles. The number of methoxy groups -OCH3 is 2. The summed E-state index contributed by atoms with van der Waals surface area (Å²) in [6.07, 6.45) is -36.0. The number of rotatable bonds is 15. The van der Waals surface area contributed by atoms with Crippen molar-refractivity contribution in [2.24, 2.45) is 0 Å². The maximum absolute atomic E-state index is 11.4. The maximum Gasteiger partial charge on any atom is 0.187 e. The van der Waals surface area contributed by atoms with Crippen molar-refractivity contribution >= 4 is 0 Å². The molecule has 5 rings (SSSR count). The van der Waals surface area contributed by atoms with Crippen LogP contribution in [0.2, 0.25) is 0 Å². The van der Waals surface area contributed by atoms with Gasteiger partial charge in [0, 0.05) is 27.1 Å². The van der Waals surface area contributed by atoms with E-state index in [1.54, 1.807) is 0 Å². The average Bonchev–Trinajstić information content (AvgIpc) is 3.19. The molecule has 13 N–H and O–H groups in total. The highest BCUT2D eigenvalue weighted by Gasteiger charge is 2.55. The zero-order valence-corrected chi connectivity index (χ0v) is 30.5. The third-order valence-corrected chi connectivity index (χ3v) is 10.5. The van der Waals surface area contributed by atoms with Gasteiger partial charge in [0.2, 0.25) is 0 Å². The van der Waals surface area contributed by atoms with Gasteiger partial charge in [-0.15, -0.1) is 0 Å². The molecule has 0 bridgehead atoms. The molecule has 328 valence electrons. The van der Waals surface area contributed by atoms with Crippen LogP contribution in [0.4, 0.5) is 0 Å². The van der Waals surface area contributed by atoms with Gasteiger partial charge in [-0.3, -0.25) is 0 Å². The van der Waals surface area contributed by atoms with E-state index in [-0.39, 0.29) is 12.8 Å². The second-order valence-electron chi connectivity index (χ2n) is 14.2. The molecule has 56 heavy (non-hydrogen) atoms. The van der Waals surface area contributed by atoms with Crippen molar-refractivity contribution in [3.8, 4) is 0 Å². The van der Waals surface area contributed by atoms with E-state index in [9.17, 15) is 66.4 Å². The molecular weight excluding hydrogens is 768 g/mol. The molecule has 0 aromatic rings. The minimum Gasteiger partial charge on any atom is -0.394 e. The summed E-state index contributed by atoms with van der Waals surface area (Å²) in [4.78, 5) is 0. The van der Waals surface area contributed by atoms with Crippen LogP contribution in [0.5, 0.6) is 0 Å². The summed E-state index contributed by atoms with van der Waals surface area (Å²) in [7, 11) is 2.41. The molecule has 23 atom stereocenters. The van der Waals surface area contributed by atoms with Gasteiger partial charge in [-0.05, 0) is 0 Å². The van der Waals surface area contributed by atoms with E-state index < -0.39 is 174 Å². The number of ether oxygens (including phenoxy) is 11. The fourth-order valence-corrected chi connectivity index (χ4v) is 7.36. The largest absolute Gasteiger partial charge is 0.394 e. The Bertz CT molecular complexity index is 1170. The van der Waals surface area contributed by atoms with Gasteiger partial charge in [-0.25, -0.2) is 0 Å². The summed E-state index contributed by atoms with van der Waals surface area (Å²) >= 11 is 0. The Balaban J connectivity index is 1.33. The van der Waals surface area contributed by atoms with Crippen molar-refractivity contribution in [2.75, 3.05) is 47.3 Å². The highest BCUT2D eigenvalue weighted by Crippen LogP contribution is 2.35. The lowest BCUT2D eigenvalue weighted by Gasteiger charge is -2.49. The van der Waals surface area contributed by atoms with E-state index in [1.807, 2.05) is 0 Å². The van der Waals surface area contributed by atoms with Crippen LogP contribution < -0.4 is 0 Å². The minimum atomic E-state index is -2.04. The van der Waals surface area contributed by atoms with E-state index in [1.165, 1.54) is 14.2 Å². The lowest BCUT2D eigenvalue weighted by atomic mass is 9.95. The second kappa shape index (κ2) is 20.5. The Morgan fingerprint density at radius 3 is 1.25 bits per heavy atom. The van der Waals surface area contributed by atoms with Crippen LogP contribution >= 0.6 is 0 Å². The molecule has 5 fully saturated rings. The lowest BCUT2D eigenvalue weighted by molar-refractivity contribution is -0.390. The fourth-order valence-electron chi connectivity index (χ4n) is 7.36. The smallest absolute Gasteiger partial charge is 0.187 e. The predicted molar refractivity (Wildman–Crippen MR) is 173 cm³/mol. The SMILES string of the molecule is CO[C@@H]1O[C@@H](CO)[C@@H](O[C@@H]2OC(CO[C@@H]3C[C@@H](O)CC(CO)O3)[C@@H](O[C@@H]3O[C@@H](CO)[C@@H](O[C@@H]4OC(CO)[C@@H](OC)[C@H](O)C4O)C(O)C3O)[C@H](O)C2O)C(O)C1O. The fraction of sp³-hybridized carbons (Fsp3) is 1.00. The van der Waals surface area contributed by atoms with Gasteiger partial charge in [-0.2, -0.15) is 0 Å². The number of aliphatic hydroxyl groups is 13. The van der Waals surface area contributed by atoms with Crippen LogP contribution in [0, 0.1) is 0 Å². The molecule has 24 nitrogen and oxygen atoms in total. The van der Waals surface area contributed by atoms with Crippen LogP contribution in [-0.2, 0) is 52.1 Å². The first-order valence-corrected chi connectivity index (χ1v) is 18.2. The van der Waals surface area contributed by atoms with Crippen molar-refractivity contribution in [3.05, 3.63) is 0 Å². The van der Waals surface area contributed by atoms with Crippen LogP contribution in [0.15, 0.2) is 0 Å². The summed E-state index contributed by atoms with van der Waals surface area (Å²) in [6.45, 7) is -3.29. The second-order valence-corrected chi connectivity index (χ2v) is 14.2. The Labute approximate surface area is 320 Å². The van der Waals surface area contributed by atoms with Gasteiger partial charge in [-0.1, -0.05) is 0 Å². The van der Waals surface area contributed by atoms with Crippen molar-refractivity contribution in [1.29, 1.82) is 0 Å². The van der Waals surface area contributed by atoms with Crippen LogP contribution in [0.3, 0.4) is 0 Å². The normalized spacial score (nSPS) is 50.5. The zero-order valence-electron chi connectivity index (χ0n) is 30.5. The molecule has 5 aliphatic rings.